The van der Waals surface area contributed by atoms with Crippen molar-refractivity contribution in [3.63, 3.8) is 0 Å². The Morgan fingerprint density at radius 2 is 2.23 bits per heavy atom. The molecule has 0 spiro atoms. The number of thiophene rings is 1. The van der Waals surface area contributed by atoms with Gasteiger partial charge in [0.15, 0.2) is 0 Å². The van der Waals surface area contributed by atoms with Gasteiger partial charge in [0.1, 0.15) is 16.8 Å². The minimum Gasteiger partial charge on any atom is -0.507 e. The molecule has 2 N–H and O–H groups in total. The minimum absolute atomic E-state index is 0.0480. The van der Waals surface area contributed by atoms with Gasteiger partial charge in [0.2, 0.25) is 5.91 Å². The maximum atomic E-state index is 12.1. The molecule has 1 amide bonds. The molecule has 0 fully saturated rings. The van der Waals surface area contributed by atoms with Crippen molar-refractivity contribution in [1.29, 1.82) is 0 Å². The van der Waals surface area contributed by atoms with Crippen molar-refractivity contribution in [2.75, 3.05) is 12.3 Å². The largest absolute Gasteiger partial charge is 0.507 e. The smallest absolute Gasteiger partial charge is 0.245 e. The first-order valence-corrected chi connectivity index (χ1v) is 8.94. The Morgan fingerprint density at radius 1 is 1.36 bits per heavy atom. The third-order valence-electron chi connectivity index (χ3n) is 3.38. The van der Waals surface area contributed by atoms with E-state index in [-0.39, 0.29) is 17.7 Å². The number of nitrogens with one attached hydrogen (secondary N) is 1. The van der Waals surface area contributed by atoms with E-state index < -0.39 is 0 Å². The van der Waals surface area contributed by atoms with Gasteiger partial charge in [-0.05, 0) is 40.9 Å². The lowest BCUT2D eigenvalue weighted by molar-refractivity contribution is -0.121. The van der Waals surface area contributed by atoms with Gasteiger partial charge >= 0.3 is 0 Å². The number of phenols is 1. The van der Waals surface area contributed by atoms with Crippen LogP contribution in [0.15, 0.2) is 46.1 Å². The fraction of sp³-hybridized carbons (Fsp3) is 0.250. The van der Waals surface area contributed by atoms with E-state index in [1.165, 1.54) is 17.3 Å². The molecule has 0 saturated heterocycles. The molecule has 6 heteroatoms. The molecule has 1 aromatic carbocycles. The molecule has 0 unspecified atom stereocenters. The van der Waals surface area contributed by atoms with E-state index >= 15 is 0 Å². The minimum atomic E-state index is -0.373. The average molecular weight is 332 g/mol. The van der Waals surface area contributed by atoms with Crippen LogP contribution in [0, 0.1) is 0 Å². The molecule has 2 heterocycles. The van der Waals surface area contributed by atoms with Crippen LogP contribution in [0.1, 0.15) is 11.1 Å². The third-order valence-corrected chi connectivity index (χ3v) is 5.19. The number of aromatic hydroxyl groups is 1. The van der Waals surface area contributed by atoms with E-state index in [4.69, 9.17) is 0 Å². The normalized spacial score (nSPS) is 17.3. The molecule has 1 atom stereocenters. The second-order valence-corrected chi connectivity index (χ2v) is 6.74. The van der Waals surface area contributed by atoms with Gasteiger partial charge < -0.3 is 10.4 Å². The van der Waals surface area contributed by atoms with E-state index in [1.54, 1.807) is 23.5 Å². The summed E-state index contributed by atoms with van der Waals surface area (Å²) in [6.45, 7) is 0.623. The first kappa shape index (κ1) is 15.1. The van der Waals surface area contributed by atoms with Gasteiger partial charge in [-0.3, -0.25) is 9.79 Å². The van der Waals surface area contributed by atoms with Gasteiger partial charge in [-0.15, -0.1) is 11.8 Å². The number of hydrogen-bond acceptors (Lipinski definition) is 5. The standard InChI is InChI=1S/C16H16N2O2S2/c19-14-4-2-1-3-12(14)16-18-13(10-22-16)15(20)17-7-5-11-6-8-21-9-11/h1-4,6,8-9,13,19H,5,7,10H2,(H,17,20)/t13-/m0/s1. The summed E-state index contributed by atoms with van der Waals surface area (Å²) in [5, 5.41) is 17.6. The van der Waals surface area contributed by atoms with Crippen molar-refractivity contribution >= 4 is 34.0 Å². The second-order valence-electron chi connectivity index (χ2n) is 4.95. The van der Waals surface area contributed by atoms with E-state index in [0.717, 1.165) is 11.5 Å². The first-order chi connectivity index (χ1) is 10.7. The molecule has 1 aromatic heterocycles. The highest BCUT2D eigenvalue weighted by Crippen LogP contribution is 2.28. The fourth-order valence-corrected chi connectivity index (χ4v) is 3.97. The number of thioether (sulfide) groups is 1. The van der Waals surface area contributed by atoms with Crippen LogP contribution < -0.4 is 5.32 Å². The van der Waals surface area contributed by atoms with Crippen molar-refractivity contribution in [3.8, 4) is 5.75 Å². The highest BCUT2D eigenvalue weighted by atomic mass is 32.2. The Balaban J connectivity index is 1.57. The van der Waals surface area contributed by atoms with Crippen molar-refractivity contribution in [2.45, 2.75) is 12.5 Å². The Morgan fingerprint density at radius 3 is 3.00 bits per heavy atom. The maximum absolute atomic E-state index is 12.1. The maximum Gasteiger partial charge on any atom is 0.245 e. The van der Waals surface area contributed by atoms with Crippen molar-refractivity contribution in [2.24, 2.45) is 4.99 Å². The summed E-state index contributed by atoms with van der Waals surface area (Å²) in [4.78, 5) is 16.6. The van der Waals surface area contributed by atoms with Crippen molar-refractivity contribution in [3.05, 3.63) is 52.2 Å². The molecule has 114 valence electrons. The van der Waals surface area contributed by atoms with Crippen LogP contribution in [0.5, 0.6) is 5.75 Å². The van der Waals surface area contributed by atoms with Crippen LogP contribution in [0.4, 0.5) is 0 Å². The number of para-hydroxylation sites is 1. The molecule has 0 radical (unpaired) electrons. The van der Waals surface area contributed by atoms with Crippen molar-refractivity contribution in [1.82, 2.24) is 5.32 Å². The lowest BCUT2D eigenvalue weighted by Crippen LogP contribution is -2.35. The summed E-state index contributed by atoms with van der Waals surface area (Å²) < 4.78 is 0. The number of rotatable bonds is 5. The molecule has 4 nitrogen and oxygen atoms in total. The molecular formula is C16H16N2O2S2. The molecular weight excluding hydrogens is 316 g/mol. The molecule has 3 rings (SSSR count). The number of benzene rings is 1. The molecule has 2 aromatic rings. The highest BCUT2D eigenvalue weighted by molar-refractivity contribution is 8.14. The van der Waals surface area contributed by atoms with Crippen LogP contribution >= 0.6 is 23.1 Å². The number of carbonyl (C=O) groups is 1. The predicted octanol–water partition coefficient (Wildman–Crippen LogP) is 2.67. The molecule has 0 aliphatic carbocycles. The molecule has 1 aliphatic rings. The van der Waals surface area contributed by atoms with E-state index in [1.807, 2.05) is 17.5 Å². The van der Waals surface area contributed by atoms with Gasteiger partial charge in [-0.1, -0.05) is 12.1 Å². The van der Waals surface area contributed by atoms with Gasteiger partial charge in [0, 0.05) is 17.9 Å². The highest BCUT2D eigenvalue weighted by Gasteiger charge is 2.26. The van der Waals surface area contributed by atoms with Crippen LogP contribution in [-0.4, -0.2) is 34.4 Å². The Hall–Kier alpha value is -1.79. The Kier molecular flexibility index (Phi) is 4.80. The second kappa shape index (κ2) is 6.98. The molecule has 1 aliphatic heterocycles. The fourth-order valence-electron chi connectivity index (χ4n) is 2.19. The lowest BCUT2D eigenvalue weighted by Gasteiger charge is -2.07. The third kappa shape index (κ3) is 3.51. The number of carbonyl (C=O) groups excluding carboxylic acids is 1. The van der Waals surface area contributed by atoms with E-state index in [0.29, 0.717) is 17.9 Å². The summed E-state index contributed by atoms with van der Waals surface area (Å²) in [5.74, 6) is 0.772. The average Bonchev–Trinajstić information content (AvgIpc) is 3.19. The van der Waals surface area contributed by atoms with Crippen LogP contribution in [0.25, 0.3) is 0 Å². The summed E-state index contributed by atoms with van der Waals surface area (Å²) in [7, 11) is 0. The molecule has 22 heavy (non-hydrogen) atoms. The number of hydrogen-bond donors (Lipinski definition) is 2. The monoisotopic (exact) mass is 332 g/mol. The SMILES string of the molecule is O=C(NCCc1ccsc1)[C@@H]1CSC(c2ccccc2O)=N1. The topological polar surface area (TPSA) is 61.7 Å². The van der Waals surface area contributed by atoms with Gasteiger partial charge in [0.25, 0.3) is 0 Å². The number of nitrogens with zero attached hydrogens (tertiary/aromatic N) is 1. The first-order valence-electron chi connectivity index (χ1n) is 7.02. The van der Waals surface area contributed by atoms with Gasteiger partial charge in [-0.25, -0.2) is 0 Å². The number of phenolic OH excluding ortho intramolecular Hbond substituents is 1. The van der Waals surface area contributed by atoms with Gasteiger partial charge in [0.05, 0.1) is 0 Å². The van der Waals surface area contributed by atoms with Gasteiger partial charge in [-0.2, -0.15) is 11.3 Å². The van der Waals surface area contributed by atoms with Crippen LogP contribution in [0.2, 0.25) is 0 Å². The lowest BCUT2D eigenvalue weighted by atomic mass is 10.2. The predicted molar refractivity (Wildman–Crippen MR) is 91.9 cm³/mol. The zero-order valence-corrected chi connectivity index (χ0v) is 13.5. The summed E-state index contributed by atoms with van der Waals surface area (Å²) in [6.07, 6.45) is 0.838. The molecule has 0 bridgehead atoms. The molecule has 0 saturated carbocycles. The quantitative estimate of drug-likeness (QED) is 0.885. The summed E-state index contributed by atoms with van der Waals surface area (Å²) >= 11 is 3.17. The van der Waals surface area contributed by atoms with Crippen LogP contribution in [-0.2, 0) is 11.2 Å². The summed E-state index contributed by atoms with van der Waals surface area (Å²) in [6, 6.07) is 8.77. The zero-order valence-electron chi connectivity index (χ0n) is 11.9. The zero-order chi connectivity index (χ0) is 15.4. The van der Waals surface area contributed by atoms with E-state index in [9.17, 15) is 9.90 Å². The Labute approximate surface area is 137 Å². The van der Waals surface area contributed by atoms with Crippen molar-refractivity contribution < 1.29 is 9.90 Å². The van der Waals surface area contributed by atoms with Crippen LogP contribution in [0.3, 0.4) is 0 Å². The summed E-state index contributed by atoms with van der Waals surface area (Å²) in [5.41, 5.74) is 1.94. The number of aliphatic imine (C=N–C) groups is 1. The Bertz CT molecular complexity index is 683. The number of amides is 1. The van der Waals surface area contributed by atoms with E-state index in [2.05, 4.69) is 21.8 Å².